The van der Waals surface area contributed by atoms with Crippen LogP contribution in [0.15, 0.2) is 34.1 Å². The van der Waals surface area contributed by atoms with Crippen molar-refractivity contribution in [1.82, 2.24) is 14.5 Å². The number of rotatable bonds is 3. The number of nitrogens with zero attached hydrogens (tertiary/aromatic N) is 2. The van der Waals surface area contributed by atoms with Gasteiger partial charge in [0.05, 0.1) is 0 Å². The molecule has 0 fully saturated rings. The van der Waals surface area contributed by atoms with Crippen LogP contribution in [0.1, 0.15) is 29.7 Å². The van der Waals surface area contributed by atoms with Gasteiger partial charge in [-0.2, -0.15) is 0 Å². The molecular formula is C15H17N3O2. The molecule has 0 radical (unpaired) electrons. The predicted octanol–water partition coefficient (Wildman–Crippen LogP) is 1.05. The Hall–Kier alpha value is -2.17. The van der Waals surface area contributed by atoms with Crippen LogP contribution in [0, 0.1) is 0 Å². The highest BCUT2D eigenvalue weighted by Gasteiger charge is 2.17. The molecule has 1 aliphatic rings. The summed E-state index contributed by atoms with van der Waals surface area (Å²) in [6.07, 6.45) is 7.95. The minimum atomic E-state index is -0.292. The number of fused-ring (bicyclic) bond motifs is 1. The largest absolute Gasteiger partial charge is 0.328 e. The van der Waals surface area contributed by atoms with E-state index < -0.39 is 0 Å². The smallest absolute Gasteiger partial charge is 0.297 e. The standard InChI is InChI=1S/C15H17N3O2/c19-14-12-5-1-2-6-13(12)18(15(20)17-14)9-7-11-4-3-8-16-10-11/h3-4,8,10H,1-2,5-7,9H2,(H,17,19,20). The minimum absolute atomic E-state index is 0.206. The molecule has 5 heteroatoms. The summed E-state index contributed by atoms with van der Waals surface area (Å²) in [5, 5.41) is 0. The van der Waals surface area contributed by atoms with Crippen LogP contribution in [0.3, 0.4) is 0 Å². The molecular weight excluding hydrogens is 254 g/mol. The van der Waals surface area contributed by atoms with E-state index in [1.165, 1.54) is 0 Å². The maximum Gasteiger partial charge on any atom is 0.328 e. The highest BCUT2D eigenvalue weighted by Crippen LogP contribution is 2.16. The number of pyridine rings is 1. The predicted molar refractivity (Wildman–Crippen MR) is 75.9 cm³/mol. The summed E-state index contributed by atoms with van der Waals surface area (Å²) in [5.41, 5.74) is 2.31. The summed E-state index contributed by atoms with van der Waals surface area (Å²) in [5.74, 6) is 0. The van der Waals surface area contributed by atoms with E-state index in [1.807, 2.05) is 18.3 Å². The number of hydrogen-bond donors (Lipinski definition) is 1. The van der Waals surface area contributed by atoms with Crippen molar-refractivity contribution < 1.29 is 0 Å². The van der Waals surface area contributed by atoms with Gasteiger partial charge < -0.3 is 0 Å². The fourth-order valence-electron chi connectivity index (χ4n) is 2.82. The Morgan fingerprint density at radius 1 is 1.25 bits per heavy atom. The van der Waals surface area contributed by atoms with Crippen molar-refractivity contribution in [2.75, 3.05) is 0 Å². The van der Waals surface area contributed by atoms with Crippen LogP contribution in [-0.4, -0.2) is 14.5 Å². The number of aromatic amines is 1. The SMILES string of the molecule is O=c1[nH]c(=O)n(CCc2cccnc2)c2c1CCCC2. The number of aryl methyl sites for hydroxylation is 1. The van der Waals surface area contributed by atoms with Crippen LogP contribution in [-0.2, 0) is 25.8 Å². The van der Waals surface area contributed by atoms with Gasteiger partial charge in [0.15, 0.2) is 0 Å². The molecule has 0 aromatic carbocycles. The molecule has 0 aliphatic heterocycles. The summed E-state index contributed by atoms with van der Waals surface area (Å²) >= 11 is 0. The zero-order valence-corrected chi connectivity index (χ0v) is 11.3. The average Bonchev–Trinajstić information content (AvgIpc) is 2.48. The molecule has 0 atom stereocenters. The quantitative estimate of drug-likeness (QED) is 0.907. The lowest BCUT2D eigenvalue weighted by atomic mass is 9.96. The van der Waals surface area contributed by atoms with E-state index >= 15 is 0 Å². The van der Waals surface area contributed by atoms with Gasteiger partial charge in [-0.25, -0.2) is 4.79 Å². The third-order valence-electron chi connectivity index (χ3n) is 3.85. The van der Waals surface area contributed by atoms with E-state index in [0.29, 0.717) is 6.54 Å². The van der Waals surface area contributed by atoms with Crippen LogP contribution in [0.25, 0.3) is 0 Å². The second kappa shape index (κ2) is 5.45. The third-order valence-corrected chi connectivity index (χ3v) is 3.85. The lowest BCUT2D eigenvalue weighted by Crippen LogP contribution is -2.37. The molecule has 20 heavy (non-hydrogen) atoms. The maximum atomic E-state index is 12.0. The van der Waals surface area contributed by atoms with Crippen LogP contribution in [0.2, 0.25) is 0 Å². The molecule has 3 rings (SSSR count). The summed E-state index contributed by atoms with van der Waals surface area (Å²) in [6, 6.07) is 3.89. The lowest BCUT2D eigenvalue weighted by molar-refractivity contribution is 0.551. The minimum Gasteiger partial charge on any atom is -0.297 e. The van der Waals surface area contributed by atoms with Crippen LogP contribution in [0.4, 0.5) is 0 Å². The summed E-state index contributed by atoms with van der Waals surface area (Å²) in [7, 11) is 0. The molecule has 1 N–H and O–H groups in total. The molecule has 5 nitrogen and oxygen atoms in total. The Balaban J connectivity index is 1.93. The van der Waals surface area contributed by atoms with E-state index in [-0.39, 0.29) is 11.2 Å². The van der Waals surface area contributed by atoms with Gasteiger partial charge in [-0.15, -0.1) is 0 Å². The molecule has 0 saturated heterocycles. The van der Waals surface area contributed by atoms with Crippen molar-refractivity contribution in [3.05, 3.63) is 62.2 Å². The van der Waals surface area contributed by atoms with Gasteiger partial charge in [0.25, 0.3) is 5.56 Å². The van der Waals surface area contributed by atoms with Crippen LogP contribution >= 0.6 is 0 Å². The Bertz CT molecular complexity index is 716. The van der Waals surface area contributed by atoms with Crippen LogP contribution in [0.5, 0.6) is 0 Å². The second-order valence-corrected chi connectivity index (χ2v) is 5.15. The van der Waals surface area contributed by atoms with Crippen molar-refractivity contribution in [2.24, 2.45) is 0 Å². The molecule has 0 unspecified atom stereocenters. The fourth-order valence-corrected chi connectivity index (χ4v) is 2.82. The summed E-state index contributed by atoms with van der Waals surface area (Å²) in [4.78, 5) is 30.4. The van der Waals surface area contributed by atoms with Crippen LogP contribution < -0.4 is 11.2 Å². The van der Waals surface area contributed by atoms with Gasteiger partial charge in [0, 0.05) is 30.2 Å². The molecule has 0 amide bonds. The summed E-state index contributed by atoms with van der Waals surface area (Å²) < 4.78 is 1.73. The van der Waals surface area contributed by atoms with Crippen molar-refractivity contribution in [1.29, 1.82) is 0 Å². The first-order valence-corrected chi connectivity index (χ1v) is 6.99. The second-order valence-electron chi connectivity index (χ2n) is 5.15. The van der Waals surface area contributed by atoms with E-state index in [4.69, 9.17) is 0 Å². The van der Waals surface area contributed by atoms with Crippen molar-refractivity contribution in [2.45, 2.75) is 38.6 Å². The van der Waals surface area contributed by atoms with Gasteiger partial charge >= 0.3 is 5.69 Å². The van der Waals surface area contributed by atoms with E-state index in [9.17, 15) is 9.59 Å². The zero-order valence-electron chi connectivity index (χ0n) is 11.3. The average molecular weight is 271 g/mol. The van der Waals surface area contributed by atoms with Crippen molar-refractivity contribution in [3.8, 4) is 0 Å². The first-order valence-electron chi connectivity index (χ1n) is 6.99. The molecule has 0 spiro atoms. The lowest BCUT2D eigenvalue weighted by Gasteiger charge is -2.19. The number of nitrogens with one attached hydrogen (secondary N) is 1. The van der Waals surface area contributed by atoms with Crippen molar-refractivity contribution >= 4 is 0 Å². The van der Waals surface area contributed by atoms with Gasteiger partial charge in [-0.3, -0.25) is 19.3 Å². The number of H-pyrrole nitrogens is 1. The van der Waals surface area contributed by atoms with E-state index in [2.05, 4.69) is 9.97 Å². The van der Waals surface area contributed by atoms with E-state index in [0.717, 1.165) is 48.9 Å². The van der Waals surface area contributed by atoms with Gasteiger partial charge in [-0.05, 0) is 43.7 Å². The Labute approximate surface area is 116 Å². The summed E-state index contributed by atoms with van der Waals surface area (Å²) in [6.45, 7) is 0.587. The first kappa shape index (κ1) is 12.8. The first-order chi connectivity index (χ1) is 9.75. The molecule has 0 saturated carbocycles. The Kier molecular flexibility index (Phi) is 3.50. The molecule has 0 bridgehead atoms. The van der Waals surface area contributed by atoms with Gasteiger partial charge in [0.2, 0.25) is 0 Å². The number of hydrogen-bond acceptors (Lipinski definition) is 3. The van der Waals surface area contributed by atoms with Gasteiger partial charge in [-0.1, -0.05) is 6.07 Å². The Morgan fingerprint density at radius 3 is 2.90 bits per heavy atom. The maximum absolute atomic E-state index is 12.0. The highest BCUT2D eigenvalue weighted by atomic mass is 16.2. The molecule has 2 aromatic heterocycles. The molecule has 104 valence electrons. The van der Waals surface area contributed by atoms with Crippen molar-refractivity contribution in [3.63, 3.8) is 0 Å². The number of aromatic nitrogens is 3. The Morgan fingerprint density at radius 2 is 2.10 bits per heavy atom. The molecule has 2 aromatic rings. The monoisotopic (exact) mass is 271 g/mol. The highest BCUT2D eigenvalue weighted by molar-refractivity contribution is 5.21. The molecule has 2 heterocycles. The van der Waals surface area contributed by atoms with Gasteiger partial charge in [0.1, 0.15) is 0 Å². The molecule has 1 aliphatic carbocycles. The fraction of sp³-hybridized carbons (Fsp3) is 0.400. The topological polar surface area (TPSA) is 67.8 Å². The zero-order chi connectivity index (χ0) is 13.9. The van der Waals surface area contributed by atoms with E-state index in [1.54, 1.807) is 10.8 Å². The normalized spacial score (nSPS) is 14.0. The third kappa shape index (κ3) is 2.43.